The maximum Gasteiger partial charge on any atom is 0.253 e. The number of benzene rings is 1. The van der Waals surface area contributed by atoms with Gasteiger partial charge in [-0.3, -0.25) is 9.78 Å². The average Bonchev–Trinajstić information content (AvgIpc) is 3.06. The van der Waals surface area contributed by atoms with E-state index in [0.29, 0.717) is 5.56 Å². The van der Waals surface area contributed by atoms with Crippen molar-refractivity contribution in [2.75, 3.05) is 6.61 Å². The molecule has 0 atom stereocenters. The molecular formula is C23H29N3O2. The average molecular weight is 380 g/mol. The van der Waals surface area contributed by atoms with Gasteiger partial charge in [0.25, 0.3) is 5.91 Å². The van der Waals surface area contributed by atoms with Crippen molar-refractivity contribution in [2.24, 2.45) is 0 Å². The summed E-state index contributed by atoms with van der Waals surface area (Å²) in [6.07, 6.45) is 6.19. The Balaban J connectivity index is 1.52. The first-order valence-corrected chi connectivity index (χ1v) is 10.0. The molecule has 0 aliphatic carbocycles. The first kappa shape index (κ1) is 18.9. The highest BCUT2D eigenvalue weighted by atomic mass is 16.5. The molecule has 0 unspecified atom stereocenters. The summed E-state index contributed by atoms with van der Waals surface area (Å²) in [7, 11) is 0. The Hall–Kier alpha value is -2.40. The Labute approximate surface area is 166 Å². The van der Waals surface area contributed by atoms with E-state index < -0.39 is 0 Å². The van der Waals surface area contributed by atoms with Crippen molar-refractivity contribution in [1.82, 2.24) is 15.6 Å². The molecule has 5 heteroatoms. The minimum atomic E-state index is -0.0580. The van der Waals surface area contributed by atoms with Crippen LogP contribution in [0, 0.1) is 0 Å². The quantitative estimate of drug-likeness (QED) is 0.853. The number of nitrogens with one attached hydrogen (secondary N) is 2. The van der Waals surface area contributed by atoms with Crippen LogP contribution < -0.4 is 15.4 Å². The molecule has 1 aromatic carbocycles. The standard InChI is InChI=1S/C23H29N3O2/c1-22(2)11-19(12-23(3,4)26-22)25-21(27)18-10-17(13-24-14-18)15-5-6-20-16(9-15)7-8-28-20/h5-6,9-10,13-14,19,26H,7-8,11-12H2,1-4H3,(H,25,27). The minimum Gasteiger partial charge on any atom is -0.493 e. The van der Waals surface area contributed by atoms with Gasteiger partial charge in [-0.2, -0.15) is 0 Å². The summed E-state index contributed by atoms with van der Waals surface area (Å²) in [5, 5.41) is 6.88. The maximum atomic E-state index is 12.9. The number of nitrogens with zero attached hydrogens (tertiary/aromatic N) is 1. The zero-order chi connectivity index (χ0) is 19.9. The number of carbonyl (C=O) groups excluding carboxylic acids is 1. The topological polar surface area (TPSA) is 63.2 Å². The van der Waals surface area contributed by atoms with Crippen LogP contribution in [-0.2, 0) is 6.42 Å². The molecule has 28 heavy (non-hydrogen) atoms. The van der Waals surface area contributed by atoms with Crippen LogP contribution in [0.3, 0.4) is 0 Å². The van der Waals surface area contributed by atoms with E-state index in [0.717, 1.165) is 42.7 Å². The number of hydrogen-bond acceptors (Lipinski definition) is 4. The van der Waals surface area contributed by atoms with Gasteiger partial charge >= 0.3 is 0 Å². The SMILES string of the molecule is CC1(C)CC(NC(=O)c2cncc(-c3ccc4c(c3)CCO4)c2)CC(C)(C)N1. The number of carbonyl (C=O) groups is 1. The zero-order valence-corrected chi connectivity index (χ0v) is 17.1. The lowest BCUT2D eigenvalue weighted by molar-refractivity contribution is 0.0873. The third kappa shape index (κ3) is 4.04. The van der Waals surface area contributed by atoms with Gasteiger partial charge in [0.2, 0.25) is 0 Å². The van der Waals surface area contributed by atoms with Crippen molar-refractivity contribution in [3.05, 3.63) is 47.8 Å². The van der Waals surface area contributed by atoms with Crippen LogP contribution in [0.5, 0.6) is 5.75 Å². The van der Waals surface area contributed by atoms with Gasteiger partial charge in [0.05, 0.1) is 12.2 Å². The van der Waals surface area contributed by atoms with Crippen LogP contribution in [0.4, 0.5) is 0 Å². The molecule has 2 aromatic rings. The van der Waals surface area contributed by atoms with Crippen molar-refractivity contribution < 1.29 is 9.53 Å². The number of piperidine rings is 1. The second-order valence-electron chi connectivity index (χ2n) is 9.35. The van der Waals surface area contributed by atoms with Gasteiger partial charge in [0.1, 0.15) is 5.75 Å². The summed E-state index contributed by atoms with van der Waals surface area (Å²) in [4.78, 5) is 17.2. The lowest BCUT2D eigenvalue weighted by Crippen LogP contribution is -2.62. The van der Waals surface area contributed by atoms with Gasteiger partial charge in [-0.15, -0.1) is 0 Å². The first-order chi connectivity index (χ1) is 13.2. The Morgan fingerprint density at radius 3 is 2.61 bits per heavy atom. The van der Waals surface area contributed by atoms with Crippen molar-refractivity contribution in [1.29, 1.82) is 0 Å². The van der Waals surface area contributed by atoms with E-state index in [1.165, 1.54) is 5.56 Å². The van der Waals surface area contributed by atoms with Crippen molar-refractivity contribution in [2.45, 2.75) is 64.1 Å². The number of hydrogen-bond donors (Lipinski definition) is 2. The van der Waals surface area contributed by atoms with Gasteiger partial charge in [-0.1, -0.05) is 6.07 Å². The molecule has 2 N–H and O–H groups in total. The molecule has 4 rings (SSSR count). The Kier molecular flexibility index (Phi) is 4.66. The molecule has 0 spiro atoms. The minimum absolute atomic E-state index is 0.00766. The summed E-state index contributed by atoms with van der Waals surface area (Å²) >= 11 is 0. The highest BCUT2D eigenvalue weighted by Gasteiger charge is 2.38. The smallest absolute Gasteiger partial charge is 0.253 e. The Morgan fingerprint density at radius 2 is 1.86 bits per heavy atom. The van der Waals surface area contributed by atoms with Gasteiger partial charge in [0.15, 0.2) is 0 Å². The number of aromatic nitrogens is 1. The number of ether oxygens (including phenoxy) is 1. The second kappa shape index (κ2) is 6.89. The molecule has 1 aromatic heterocycles. The molecule has 148 valence electrons. The molecule has 0 saturated carbocycles. The number of amides is 1. The van der Waals surface area contributed by atoms with Crippen LogP contribution in [0.2, 0.25) is 0 Å². The van der Waals surface area contributed by atoms with Crippen LogP contribution >= 0.6 is 0 Å². The summed E-state index contributed by atoms with van der Waals surface area (Å²) in [5.74, 6) is 0.902. The normalized spacial score (nSPS) is 20.3. The molecule has 1 saturated heterocycles. The van der Waals surface area contributed by atoms with Crippen LogP contribution in [0.1, 0.15) is 56.5 Å². The molecule has 2 aliphatic rings. The fourth-order valence-electron chi connectivity index (χ4n) is 4.78. The van der Waals surface area contributed by atoms with Crippen LogP contribution in [0.15, 0.2) is 36.7 Å². The Bertz CT molecular complexity index is 888. The molecule has 1 fully saturated rings. The predicted octanol–water partition coefficient (Wildman–Crippen LogP) is 3.72. The lowest BCUT2D eigenvalue weighted by Gasteiger charge is -2.46. The first-order valence-electron chi connectivity index (χ1n) is 10.0. The van der Waals surface area contributed by atoms with Gasteiger partial charge in [0, 0.05) is 41.5 Å². The van der Waals surface area contributed by atoms with Gasteiger partial charge in [-0.25, -0.2) is 0 Å². The van der Waals surface area contributed by atoms with Crippen molar-refractivity contribution >= 4 is 5.91 Å². The molecule has 3 heterocycles. The Morgan fingerprint density at radius 1 is 1.11 bits per heavy atom. The van der Waals surface area contributed by atoms with Gasteiger partial charge < -0.3 is 15.4 Å². The summed E-state index contributed by atoms with van der Waals surface area (Å²) in [6, 6.07) is 8.24. The van der Waals surface area contributed by atoms with Crippen molar-refractivity contribution in [3.8, 4) is 16.9 Å². The van der Waals surface area contributed by atoms with E-state index in [2.05, 4.69) is 49.4 Å². The van der Waals surface area contributed by atoms with E-state index in [9.17, 15) is 4.79 Å². The van der Waals surface area contributed by atoms with E-state index in [-0.39, 0.29) is 23.0 Å². The molecule has 5 nitrogen and oxygen atoms in total. The van der Waals surface area contributed by atoms with Crippen LogP contribution in [0.25, 0.3) is 11.1 Å². The maximum absolute atomic E-state index is 12.9. The lowest BCUT2D eigenvalue weighted by atomic mass is 9.79. The van der Waals surface area contributed by atoms with E-state index >= 15 is 0 Å². The number of fused-ring (bicyclic) bond motifs is 1. The second-order valence-corrected chi connectivity index (χ2v) is 9.35. The monoisotopic (exact) mass is 379 g/mol. The highest BCUT2D eigenvalue weighted by Crippen LogP contribution is 2.31. The summed E-state index contributed by atoms with van der Waals surface area (Å²) < 4.78 is 5.58. The molecule has 1 amide bonds. The number of pyridine rings is 1. The summed E-state index contributed by atoms with van der Waals surface area (Å²) in [6.45, 7) is 9.49. The van der Waals surface area contributed by atoms with E-state index in [4.69, 9.17) is 4.74 Å². The largest absolute Gasteiger partial charge is 0.493 e. The fraction of sp³-hybridized carbons (Fsp3) is 0.478. The van der Waals surface area contributed by atoms with E-state index in [1.54, 1.807) is 6.20 Å². The third-order valence-corrected chi connectivity index (χ3v) is 5.55. The van der Waals surface area contributed by atoms with E-state index in [1.807, 2.05) is 24.4 Å². The van der Waals surface area contributed by atoms with Crippen molar-refractivity contribution in [3.63, 3.8) is 0 Å². The zero-order valence-electron chi connectivity index (χ0n) is 17.1. The van der Waals surface area contributed by atoms with Crippen LogP contribution in [-0.4, -0.2) is 34.6 Å². The molecular weight excluding hydrogens is 350 g/mol. The molecule has 0 radical (unpaired) electrons. The fourth-order valence-corrected chi connectivity index (χ4v) is 4.78. The molecule has 2 aliphatic heterocycles. The number of rotatable bonds is 3. The third-order valence-electron chi connectivity index (χ3n) is 5.55. The predicted molar refractivity (Wildman–Crippen MR) is 111 cm³/mol. The van der Waals surface area contributed by atoms with Gasteiger partial charge in [-0.05, 0) is 69.9 Å². The highest BCUT2D eigenvalue weighted by molar-refractivity contribution is 5.95. The molecule has 0 bridgehead atoms. The summed E-state index contributed by atoms with van der Waals surface area (Å²) in [5.41, 5.74) is 3.82.